The van der Waals surface area contributed by atoms with E-state index >= 15 is 0 Å². The van der Waals surface area contributed by atoms with Crippen LogP contribution in [0.15, 0.2) is 217 Å². The number of nitriles is 1. The summed E-state index contributed by atoms with van der Waals surface area (Å²) in [7, 11) is -5.26. The largest absolute Gasteiger partial charge is 0.584 e. The van der Waals surface area contributed by atoms with Crippen molar-refractivity contribution >= 4 is 45.2 Å². The molecular weight excluding hydrogens is 976 g/mol. The van der Waals surface area contributed by atoms with Gasteiger partial charge in [0, 0.05) is 31.8 Å². The van der Waals surface area contributed by atoms with Crippen LogP contribution in [-0.2, 0) is 20.2 Å². The van der Waals surface area contributed by atoms with Crippen LogP contribution in [-0.4, -0.2) is 23.5 Å². The molecule has 69 heavy (non-hydrogen) atoms. The Morgan fingerprint density at radius 2 is 0.797 bits per heavy atom. The predicted octanol–water partition coefficient (Wildman–Crippen LogP) is 16.2. The fourth-order valence-electron chi connectivity index (χ4n) is 5.26. The van der Waals surface area contributed by atoms with Crippen LogP contribution < -0.4 is 27.1 Å². The molecule has 0 saturated carbocycles. The van der Waals surface area contributed by atoms with E-state index in [9.17, 15) is 18.6 Å². The Morgan fingerprint density at radius 3 is 1.07 bits per heavy atom. The monoisotopic (exact) mass is 1030 g/mol. The molecule has 0 aliphatic carbocycles. The van der Waals surface area contributed by atoms with Crippen LogP contribution in [0.2, 0.25) is 0 Å². The van der Waals surface area contributed by atoms with E-state index in [0.717, 1.165) is 17.3 Å². The van der Waals surface area contributed by atoms with E-state index in [2.05, 4.69) is 36.1 Å². The Hall–Kier alpha value is -6.40. The molecule has 0 saturated heterocycles. The Kier molecular flexibility index (Phi) is 24.9. The highest BCUT2D eigenvalue weighted by Gasteiger charge is 2.25. The second kappa shape index (κ2) is 30.2. The van der Waals surface area contributed by atoms with E-state index in [0.29, 0.717) is 23.0 Å². The molecule has 12 nitrogen and oxygen atoms in total. The fraction of sp³-hybridized carbons (Fsp3) is 0.135. The van der Waals surface area contributed by atoms with Gasteiger partial charge in [0.2, 0.25) is 0 Å². The van der Waals surface area contributed by atoms with E-state index in [1.54, 1.807) is 140 Å². The fourth-order valence-corrected chi connectivity index (χ4v) is 8.45. The summed E-state index contributed by atoms with van der Waals surface area (Å²) in [6.45, 7) is 6.21. The molecule has 17 heteroatoms. The van der Waals surface area contributed by atoms with Crippen LogP contribution in [0, 0.1) is 18.3 Å². The van der Waals surface area contributed by atoms with E-state index in [1.807, 2.05) is 69.4 Å². The third kappa shape index (κ3) is 25.0. The average molecular weight is 1030 g/mol. The minimum atomic E-state index is -4.14. The molecule has 7 aromatic carbocycles. The summed E-state index contributed by atoms with van der Waals surface area (Å²) in [6.07, 6.45) is 0. The van der Waals surface area contributed by atoms with E-state index in [4.69, 9.17) is 55.2 Å². The normalized spacial score (nSPS) is 10.3. The summed E-state index contributed by atoms with van der Waals surface area (Å²) in [4.78, 5) is 11.6. The molecule has 7 aromatic rings. The highest BCUT2D eigenvalue weighted by molar-refractivity contribution is 7.82. The number of nitrogens with zero attached hydrogens (tertiary/aromatic N) is 2. The van der Waals surface area contributed by atoms with Crippen molar-refractivity contribution in [2.75, 3.05) is 13.7 Å². The van der Waals surface area contributed by atoms with Crippen molar-refractivity contribution in [2.24, 2.45) is 0 Å². The van der Waals surface area contributed by atoms with Crippen LogP contribution in [0.25, 0.3) is 0 Å². The molecule has 1 N–H and O–H groups in total. The van der Waals surface area contributed by atoms with Gasteiger partial charge in [0.1, 0.15) is 39.7 Å². The molecule has 0 radical (unpaired) electrons. The number of phosphoric acid groups is 1. The first-order valence-electron chi connectivity index (χ1n) is 21.0. The number of hydrogen-bond acceptors (Lipinski definition) is 11. The minimum Gasteiger partial charge on any atom is -0.416 e. The topological polar surface area (TPSA) is 154 Å². The summed E-state index contributed by atoms with van der Waals surface area (Å²) >= 11 is 11.9. The molecule has 0 fully saturated rings. The standard InChI is InChI=1S/C13H18ClN.C13H13O3P.C12H10ClO3P.C12H11O4P.C2H3N/c1-10(2)13(14)15(4)9-12-7-5-11(3)6-8-12;1-17(14,15-12-8-4-2-5-9-12)16-13-10-6-3-7-11-13;2*13-17(14,15-11-7-3-1-4-8-11)16-12-9-5-2-6-10-12;1-2-3/h5-8H,9H2,1-4H3;2-11H,1H3;1-10H;1-10H,(H,13,14);1H3. The van der Waals surface area contributed by atoms with Crippen molar-refractivity contribution in [1.82, 2.24) is 4.90 Å². The lowest BCUT2D eigenvalue weighted by Crippen LogP contribution is -2.14. The molecule has 7 rings (SSSR count). The summed E-state index contributed by atoms with van der Waals surface area (Å²) in [5.41, 5.74) is 3.71. The minimum absolute atomic E-state index is 0.286. The number of benzene rings is 7. The molecule has 0 unspecified atom stereocenters. The molecule has 0 atom stereocenters. The zero-order valence-electron chi connectivity index (χ0n) is 39.0. The van der Waals surface area contributed by atoms with Gasteiger partial charge in [0.15, 0.2) is 0 Å². The molecule has 0 aliphatic rings. The van der Waals surface area contributed by atoms with Crippen LogP contribution >= 0.6 is 45.2 Å². The van der Waals surface area contributed by atoms with Crippen LogP contribution in [0.5, 0.6) is 34.5 Å². The van der Waals surface area contributed by atoms with Gasteiger partial charge in [0.05, 0.1) is 12.7 Å². The molecule has 0 aromatic heterocycles. The first-order chi connectivity index (χ1) is 32.9. The summed E-state index contributed by atoms with van der Waals surface area (Å²) in [5.74, 6) is 2.45. The van der Waals surface area contributed by atoms with Gasteiger partial charge in [0.25, 0.3) is 0 Å². The van der Waals surface area contributed by atoms with Gasteiger partial charge in [-0.3, -0.25) is 4.89 Å². The van der Waals surface area contributed by atoms with Gasteiger partial charge >= 0.3 is 22.4 Å². The number of halogens is 2. The van der Waals surface area contributed by atoms with Crippen LogP contribution in [0.1, 0.15) is 31.9 Å². The number of hydrogen-bond donors (Lipinski definition) is 1. The van der Waals surface area contributed by atoms with Gasteiger partial charge in [-0.2, -0.15) is 5.26 Å². The van der Waals surface area contributed by atoms with Crippen LogP contribution in [0.3, 0.4) is 0 Å². The van der Waals surface area contributed by atoms with Gasteiger partial charge in [-0.15, -0.1) is 0 Å². The average Bonchev–Trinajstić information content (AvgIpc) is 3.31. The van der Waals surface area contributed by atoms with E-state index < -0.39 is 22.4 Å². The third-order valence-corrected chi connectivity index (χ3v) is 12.1. The highest BCUT2D eigenvalue weighted by Crippen LogP contribution is 2.53. The van der Waals surface area contributed by atoms with Crippen molar-refractivity contribution in [2.45, 2.75) is 34.2 Å². The maximum Gasteiger partial charge on any atom is 0.584 e. The molecule has 0 heterocycles. The molecule has 0 amide bonds. The lowest BCUT2D eigenvalue weighted by Gasteiger charge is -2.19. The first-order valence-corrected chi connectivity index (χ1v) is 27.3. The Bertz CT molecular complexity index is 2370. The summed E-state index contributed by atoms with van der Waals surface area (Å²) in [5, 5.41) is 8.15. The summed E-state index contributed by atoms with van der Waals surface area (Å²) < 4.78 is 66.3. The Balaban J connectivity index is 0.000000239. The van der Waals surface area contributed by atoms with Crippen LogP contribution in [0.4, 0.5) is 0 Å². The lowest BCUT2D eigenvalue weighted by atomic mass is 10.1. The second-order valence-corrected chi connectivity index (χ2v) is 20.5. The smallest absolute Gasteiger partial charge is 0.416 e. The first kappa shape index (κ1) is 56.9. The zero-order chi connectivity index (χ0) is 50.5. The zero-order valence-corrected chi connectivity index (χ0v) is 43.1. The molecule has 0 aliphatic heterocycles. The van der Waals surface area contributed by atoms with Crippen molar-refractivity contribution < 1.29 is 45.7 Å². The van der Waals surface area contributed by atoms with Crippen molar-refractivity contribution in [3.05, 3.63) is 228 Å². The lowest BCUT2D eigenvalue weighted by molar-refractivity contribution is 0.291. The molecule has 0 bridgehead atoms. The Morgan fingerprint density at radius 1 is 0.536 bits per heavy atom. The quantitative estimate of drug-likeness (QED) is 0.0768. The number of rotatable bonds is 15. The van der Waals surface area contributed by atoms with Gasteiger partial charge in [-0.05, 0) is 105 Å². The summed E-state index contributed by atoms with van der Waals surface area (Å²) in [6, 6.07) is 62.3. The van der Waals surface area contributed by atoms with Gasteiger partial charge in [-0.1, -0.05) is 151 Å². The second-order valence-electron chi connectivity index (χ2n) is 14.5. The predicted molar refractivity (Wildman–Crippen MR) is 277 cm³/mol. The molecular formula is C52H55Cl2N2O10P3. The van der Waals surface area contributed by atoms with E-state index in [-0.39, 0.29) is 11.5 Å². The SMILES string of the molecule is CC#N.CC(C)=C(Cl)N(C)Cc1ccc(C)cc1.CP(=O)(Oc1ccccc1)Oc1ccccc1.O=P(Cl)(Oc1ccccc1)Oc1ccccc1.O=P(O)(Oc1ccccc1)Oc1ccccc1. The number of allylic oxidation sites excluding steroid dienone is 1. The molecule has 0 spiro atoms. The number of aryl methyl sites for hydroxylation is 1. The maximum atomic E-state index is 12.1. The van der Waals surface area contributed by atoms with E-state index in [1.165, 1.54) is 24.7 Å². The Labute approximate surface area is 415 Å². The third-order valence-electron chi connectivity index (χ3n) is 8.16. The maximum absolute atomic E-state index is 12.1. The van der Waals surface area contributed by atoms with Gasteiger partial charge < -0.3 is 32.0 Å². The van der Waals surface area contributed by atoms with Gasteiger partial charge in [-0.25, -0.2) is 13.7 Å². The number of para-hydroxylation sites is 6. The molecule has 362 valence electrons. The van der Waals surface area contributed by atoms with Crippen molar-refractivity contribution in [3.8, 4) is 40.6 Å². The number of phosphoric ester groups is 1. The highest BCUT2D eigenvalue weighted by atomic mass is 35.7. The van der Waals surface area contributed by atoms with Crippen molar-refractivity contribution in [3.63, 3.8) is 0 Å². The van der Waals surface area contributed by atoms with Crippen molar-refractivity contribution in [1.29, 1.82) is 5.26 Å².